The van der Waals surface area contributed by atoms with Crippen molar-refractivity contribution < 1.29 is 0 Å². The first-order valence-corrected chi connectivity index (χ1v) is 7.16. The van der Waals surface area contributed by atoms with Gasteiger partial charge in [0.15, 0.2) is 0 Å². The van der Waals surface area contributed by atoms with Crippen molar-refractivity contribution in [1.82, 2.24) is 4.90 Å². The Morgan fingerprint density at radius 2 is 1.95 bits per heavy atom. The van der Waals surface area contributed by atoms with Gasteiger partial charge in [-0.2, -0.15) is 0 Å². The zero-order valence-electron chi connectivity index (χ0n) is 12.4. The molecule has 19 heavy (non-hydrogen) atoms. The highest BCUT2D eigenvalue weighted by molar-refractivity contribution is 7.80. The van der Waals surface area contributed by atoms with E-state index >= 15 is 0 Å². The first-order chi connectivity index (χ1) is 8.95. The van der Waals surface area contributed by atoms with E-state index in [-0.39, 0.29) is 0 Å². The number of aryl methyl sites for hydroxylation is 1. The smallest absolute Gasteiger partial charge is 0.104 e. The minimum atomic E-state index is 0.472. The summed E-state index contributed by atoms with van der Waals surface area (Å²) in [5.74, 6) is 0. The van der Waals surface area contributed by atoms with Crippen molar-refractivity contribution in [1.29, 1.82) is 0 Å². The van der Waals surface area contributed by atoms with Gasteiger partial charge in [0.25, 0.3) is 0 Å². The Morgan fingerprint density at radius 3 is 2.42 bits per heavy atom. The summed E-state index contributed by atoms with van der Waals surface area (Å²) in [6.45, 7) is 7.44. The number of thiocarbonyl (C=S) groups is 1. The Bertz CT molecular complexity index is 429. The molecule has 0 spiro atoms. The number of rotatable bonds is 7. The molecule has 1 aromatic rings. The molecule has 0 amide bonds. The van der Waals surface area contributed by atoms with Crippen molar-refractivity contribution in [2.75, 3.05) is 38.6 Å². The summed E-state index contributed by atoms with van der Waals surface area (Å²) in [5, 5.41) is 0. The average molecular weight is 279 g/mol. The van der Waals surface area contributed by atoms with Crippen molar-refractivity contribution in [2.45, 2.75) is 20.3 Å². The summed E-state index contributed by atoms with van der Waals surface area (Å²) in [6.07, 6.45) is 1.16. The van der Waals surface area contributed by atoms with Gasteiger partial charge in [0.1, 0.15) is 4.99 Å². The van der Waals surface area contributed by atoms with Crippen LogP contribution < -0.4 is 10.6 Å². The van der Waals surface area contributed by atoms with E-state index in [1.165, 1.54) is 5.69 Å². The van der Waals surface area contributed by atoms with Crippen LogP contribution in [0.1, 0.15) is 24.5 Å². The van der Waals surface area contributed by atoms with Gasteiger partial charge in [0.2, 0.25) is 0 Å². The fourth-order valence-corrected chi connectivity index (χ4v) is 2.40. The Kier molecular flexibility index (Phi) is 6.25. The largest absolute Gasteiger partial charge is 0.389 e. The van der Waals surface area contributed by atoms with Crippen LogP contribution in [0.4, 0.5) is 5.69 Å². The van der Waals surface area contributed by atoms with Crippen LogP contribution in [0.5, 0.6) is 0 Å². The molecule has 0 heterocycles. The first-order valence-electron chi connectivity index (χ1n) is 6.75. The molecule has 0 unspecified atom stereocenters. The molecule has 0 radical (unpaired) electrons. The maximum Gasteiger partial charge on any atom is 0.104 e. The highest BCUT2D eigenvalue weighted by Gasteiger charge is 2.07. The molecule has 106 valence electrons. The van der Waals surface area contributed by atoms with Gasteiger partial charge >= 0.3 is 0 Å². The second-order valence-corrected chi connectivity index (χ2v) is 5.54. The summed E-state index contributed by atoms with van der Waals surface area (Å²) >= 11 is 5.04. The number of hydrogen-bond acceptors (Lipinski definition) is 3. The fourth-order valence-electron chi connectivity index (χ4n) is 2.17. The molecule has 4 heteroatoms. The Balaban J connectivity index is 2.76. The normalized spacial score (nSPS) is 10.8. The monoisotopic (exact) mass is 279 g/mol. The molecule has 0 aliphatic rings. The topological polar surface area (TPSA) is 32.5 Å². The zero-order valence-corrected chi connectivity index (χ0v) is 13.3. The summed E-state index contributed by atoms with van der Waals surface area (Å²) in [4.78, 5) is 5.08. The van der Waals surface area contributed by atoms with E-state index in [0.717, 1.165) is 37.2 Å². The van der Waals surface area contributed by atoms with Gasteiger partial charge < -0.3 is 15.5 Å². The van der Waals surface area contributed by atoms with Crippen LogP contribution in [0.2, 0.25) is 0 Å². The molecule has 2 N–H and O–H groups in total. The number of hydrogen-bond donors (Lipinski definition) is 1. The van der Waals surface area contributed by atoms with Gasteiger partial charge in [-0.1, -0.05) is 12.2 Å². The fraction of sp³-hybridized carbons (Fsp3) is 0.533. The molecule has 3 nitrogen and oxygen atoms in total. The van der Waals surface area contributed by atoms with Gasteiger partial charge in [0.05, 0.1) is 0 Å². The van der Waals surface area contributed by atoms with Crippen molar-refractivity contribution in [3.63, 3.8) is 0 Å². The predicted molar refractivity (Wildman–Crippen MR) is 88.1 cm³/mol. The molecule has 1 rings (SSSR count). The third kappa shape index (κ3) is 4.80. The van der Waals surface area contributed by atoms with Crippen molar-refractivity contribution in [3.8, 4) is 0 Å². The standard InChI is InChI=1S/C15H25N3S/c1-5-18(10-6-9-17(3)4)13-7-8-14(15(16)19)12(2)11-13/h7-8,11H,5-6,9-10H2,1-4H3,(H2,16,19). The summed E-state index contributed by atoms with van der Waals surface area (Å²) in [7, 11) is 4.22. The van der Waals surface area contributed by atoms with E-state index < -0.39 is 0 Å². The SMILES string of the molecule is CCN(CCCN(C)C)c1ccc(C(N)=S)c(C)c1. The van der Waals surface area contributed by atoms with Crippen LogP contribution in [-0.2, 0) is 0 Å². The zero-order chi connectivity index (χ0) is 14.4. The number of anilines is 1. The number of nitrogens with zero attached hydrogens (tertiary/aromatic N) is 2. The number of benzene rings is 1. The molecule has 1 aromatic carbocycles. The van der Waals surface area contributed by atoms with Crippen molar-refractivity contribution in [2.24, 2.45) is 5.73 Å². The average Bonchev–Trinajstić information content (AvgIpc) is 2.33. The predicted octanol–water partition coefficient (Wildman–Crippen LogP) is 2.41. The minimum Gasteiger partial charge on any atom is -0.389 e. The lowest BCUT2D eigenvalue weighted by Crippen LogP contribution is -2.27. The van der Waals surface area contributed by atoms with Crippen molar-refractivity contribution >= 4 is 22.9 Å². The Labute approximate surface area is 122 Å². The summed E-state index contributed by atoms with van der Waals surface area (Å²) in [6, 6.07) is 6.32. The van der Waals surface area contributed by atoms with Crippen molar-refractivity contribution in [3.05, 3.63) is 29.3 Å². The molecule has 0 aliphatic carbocycles. The number of nitrogens with two attached hydrogens (primary N) is 1. The molecule has 0 saturated heterocycles. The van der Waals surface area contributed by atoms with Crippen LogP contribution in [0.3, 0.4) is 0 Å². The van der Waals surface area contributed by atoms with Crippen LogP contribution in [-0.4, -0.2) is 43.6 Å². The lowest BCUT2D eigenvalue weighted by atomic mass is 10.1. The van der Waals surface area contributed by atoms with Crippen LogP contribution >= 0.6 is 12.2 Å². The second-order valence-electron chi connectivity index (χ2n) is 5.10. The van der Waals surface area contributed by atoms with Gasteiger partial charge in [0, 0.05) is 24.3 Å². The first kappa shape index (κ1) is 15.9. The molecule has 0 saturated carbocycles. The third-order valence-corrected chi connectivity index (χ3v) is 3.48. The lowest BCUT2D eigenvalue weighted by molar-refractivity contribution is 0.400. The van der Waals surface area contributed by atoms with Gasteiger partial charge in [-0.25, -0.2) is 0 Å². The van der Waals surface area contributed by atoms with Gasteiger partial charge in [-0.3, -0.25) is 0 Å². The maximum absolute atomic E-state index is 5.70. The van der Waals surface area contributed by atoms with Gasteiger partial charge in [-0.05, 0) is 64.7 Å². The quantitative estimate of drug-likeness (QED) is 0.777. The van der Waals surface area contributed by atoms with E-state index in [4.69, 9.17) is 18.0 Å². The highest BCUT2D eigenvalue weighted by Crippen LogP contribution is 2.19. The third-order valence-electron chi connectivity index (χ3n) is 3.26. The Morgan fingerprint density at radius 1 is 1.26 bits per heavy atom. The summed E-state index contributed by atoms with van der Waals surface area (Å²) < 4.78 is 0. The molecule has 0 aliphatic heterocycles. The molecule has 0 bridgehead atoms. The minimum absolute atomic E-state index is 0.472. The second kappa shape index (κ2) is 7.46. The molecule has 0 aromatic heterocycles. The van der Waals surface area contributed by atoms with E-state index in [2.05, 4.69) is 49.9 Å². The maximum atomic E-state index is 5.70. The van der Waals surface area contributed by atoms with Crippen LogP contribution in [0.25, 0.3) is 0 Å². The highest BCUT2D eigenvalue weighted by atomic mass is 32.1. The summed E-state index contributed by atoms with van der Waals surface area (Å²) in [5.41, 5.74) is 9.07. The van der Waals surface area contributed by atoms with Crippen LogP contribution in [0.15, 0.2) is 18.2 Å². The van der Waals surface area contributed by atoms with Gasteiger partial charge in [-0.15, -0.1) is 0 Å². The van der Waals surface area contributed by atoms with Crippen LogP contribution in [0, 0.1) is 6.92 Å². The van der Waals surface area contributed by atoms with E-state index in [1.54, 1.807) is 0 Å². The van der Waals surface area contributed by atoms with E-state index in [0.29, 0.717) is 4.99 Å². The van der Waals surface area contributed by atoms with E-state index in [9.17, 15) is 0 Å². The molecule has 0 fully saturated rings. The Hall–Kier alpha value is -1.13. The molecular formula is C15H25N3S. The molecular weight excluding hydrogens is 254 g/mol. The lowest BCUT2D eigenvalue weighted by Gasteiger charge is -2.25. The van der Waals surface area contributed by atoms with E-state index in [1.807, 2.05) is 6.07 Å². The molecule has 0 atom stereocenters.